The van der Waals surface area contributed by atoms with Crippen molar-refractivity contribution >= 4 is 22.8 Å². The smallest absolute Gasteiger partial charge is 0.249 e. The molecule has 0 bridgehead atoms. The minimum Gasteiger partial charge on any atom is -0.368 e. The first-order valence-corrected chi connectivity index (χ1v) is 13.2. The number of hydrogen-bond acceptors (Lipinski definition) is 4. The van der Waals surface area contributed by atoms with Crippen LogP contribution in [0, 0.1) is 0 Å². The number of carbonyl (C=O) groups is 2. The van der Waals surface area contributed by atoms with E-state index in [-0.39, 0.29) is 30.5 Å². The zero-order valence-corrected chi connectivity index (χ0v) is 21.5. The van der Waals surface area contributed by atoms with Crippen LogP contribution >= 0.6 is 0 Å². The van der Waals surface area contributed by atoms with E-state index in [2.05, 4.69) is 35.9 Å². The number of aryl methyl sites for hydroxylation is 1. The van der Waals surface area contributed by atoms with Gasteiger partial charge < -0.3 is 19.5 Å². The molecule has 192 valence electrons. The summed E-state index contributed by atoms with van der Waals surface area (Å²) in [7, 11) is 0. The van der Waals surface area contributed by atoms with Gasteiger partial charge in [0.15, 0.2) is 0 Å². The summed E-state index contributed by atoms with van der Waals surface area (Å²) in [6, 6.07) is 18.2. The fourth-order valence-corrected chi connectivity index (χ4v) is 4.75. The number of fused-ring (bicyclic) bond motifs is 1. The van der Waals surface area contributed by atoms with Crippen molar-refractivity contribution in [3.63, 3.8) is 0 Å². The number of carbonyl (C=O) groups excluding carboxylic acids is 2. The Kier molecular flexibility index (Phi) is 9.11. The molecule has 4 rings (SSSR count). The lowest BCUT2D eigenvalue weighted by Crippen LogP contribution is -2.38. The molecule has 1 fully saturated rings. The van der Waals surface area contributed by atoms with Gasteiger partial charge in [-0.05, 0) is 57.2 Å². The average Bonchev–Trinajstić information content (AvgIpc) is 3.54. The Bertz CT molecular complexity index is 1140. The van der Waals surface area contributed by atoms with Crippen molar-refractivity contribution in [2.24, 2.45) is 0 Å². The molecule has 0 spiro atoms. The Morgan fingerprint density at radius 2 is 1.86 bits per heavy atom. The Morgan fingerprint density at radius 1 is 1.08 bits per heavy atom. The molecule has 0 aliphatic carbocycles. The third kappa shape index (κ3) is 6.72. The van der Waals surface area contributed by atoms with Crippen molar-refractivity contribution in [3.8, 4) is 0 Å². The van der Waals surface area contributed by atoms with E-state index in [0.717, 1.165) is 60.9 Å². The van der Waals surface area contributed by atoms with Crippen molar-refractivity contribution in [2.75, 3.05) is 13.2 Å². The fourth-order valence-electron chi connectivity index (χ4n) is 4.75. The Labute approximate surface area is 213 Å². The quantitative estimate of drug-likeness (QED) is 0.380. The summed E-state index contributed by atoms with van der Waals surface area (Å²) in [4.78, 5) is 32.3. The van der Waals surface area contributed by atoms with E-state index in [1.54, 1.807) is 0 Å². The number of unbranched alkanes of at least 4 members (excludes halogenated alkanes) is 2. The molecule has 1 N–H and O–H groups in total. The number of nitrogens with zero attached hydrogens (tertiary/aromatic N) is 3. The third-order valence-electron chi connectivity index (χ3n) is 6.76. The van der Waals surface area contributed by atoms with Crippen molar-refractivity contribution in [2.45, 2.75) is 77.6 Å². The average molecular weight is 491 g/mol. The monoisotopic (exact) mass is 490 g/mol. The minimum atomic E-state index is -0.269. The van der Waals surface area contributed by atoms with Crippen LogP contribution in [-0.4, -0.2) is 51.6 Å². The zero-order chi connectivity index (χ0) is 25.3. The van der Waals surface area contributed by atoms with Crippen LogP contribution in [0.15, 0.2) is 54.6 Å². The molecular weight excluding hydrogens is 452 g/mol. The molecule has 1 aromatic heterocycles. The summed E-state index contributed by atoms with van der Waals surface area (Å²) in [5, 5.41) is 2.99. The fraction of sp³-hybridized carbons (Fsp3) is 0.483. The Hall–Kier alpha value is -3.19. The minimum absolute atomic E-state index is 0.0121. The highest BCUT2D eigenvalue weighted by molar-refractivity contribution is 5.81. The van der Waals surface area contributed by atoms with Crippen LogP contribution in [0.25, 0.3) is 11.0 Å². The van der Waals surface area contributed by atoms with Gasteiger partial charge in [-0.25, -0.2) is 4.98 Å². The van der Waals surface area contributed by atoms with Gasteiger partial charge in [0.2, 0.25) is 11.8 Å². The van der Waals surface area contributed by atoms with Gasteiger partial charge in [0.1, 0.15) is 18.5 Å². The summed E-state index contributed by atoms with van der Waals surface area (Å²) in [6.45, 7) is 6.34. The van der Waals surface area contributed by atoms with Gasteiger partial charge >= 0.3 is 0 Å². The number of aromatic nitrogens is 2. The highest BCUT2D eigenvalue weighted by atomic mass is 16.5. The molecule has 36 heavy (non-hydrogen) atoms. The van der Waals surface area contributed by atoms with Gasteiger partial charge in [-0.1, -0.05) is 48.9 Å². The van der Waals surface area contributed by atoms with Gasteiger partial charge in [-0.2, -0.15) is 0 Å². The second-order valence-corrected chi connectivity index (χ2v) is 9.81. The lowest BCUT2D eigenvalue weighted by Gasteiger charge is -2.27. The number of ether oxygens (including phenoxy) is 1. The van der Waals surface area contributed by atoms with E-state index in [4.69, 9.17) is 9.72 Å². The highest BCUT2D eigenvalue weighted by Gasteiger charge is 2.23. The molecular formula is C29H38N4O3. The Balaban J connectivity index is 1.35. The molecule has 7 nitrogen and oxygen atoms in total. The summed E-state index contributed by atoms with van der Waals surface area (Å²) >= 11 is 0. The number of rotatable bonds is 12. The standard InChI is InChI=1S/C29H38N4O3/c1-22(2)32(20-23-12-5-3-6-13-23)28(34)21-33-25-15-9-8-14-24(25)31-27(33)17-7-4-10-18-30-29(35)26-16-11-19-36-26/h3,5-6,8-9,12-15,22,26H,4,7,10-11,16-21H2,1-2H3,(H,30,35). The van der Waals surface area contributed by atoms with Crippen LogP contribution in [0.2, 0.25) is 0 Å². The van der Waals surface area contributed by atoms with E-state index in [1.165, 1.54) is 0 Å². The predicted octanol–water partition coefficient (Wildman–Crippen LogP) is 4.48. The first-order valence-electron chi connectivity index (χ1n) is 13.2. The molecule has 1 aliphatic heterocycles. The summed E-state index contributed by atoms with van der Waals surface area (Å²) in [5.41, 5.74) is 3.04. The van der Waals surface area contributed by atoms with Crippen LogP contribution in [-0.2, 0) is 33.8 Å². The van der Waals surface area contributed by atoms with E-state index in [1.807, 2.05) is 47.4 Å². The van der Waals surface area contributed by atoms with E-state index in [0.29, 0.717) is 19.7 Å². The summed E-state index contributed by atoms with van der Waals surface area (Å²) < 4.78 is 7.52. The van der Waals surface area contributed by atoms with E-state index >= 15 is 0 Å². The first-order chi connectivity index (χ1) is 17.5. The largest absolute Gasteiger partial charge is 0.368 e. The van der Waals surface area contributed by atoms with Gasteiger partial charge in [0.25, 0.3) is 0 Å². The molecule has 2 heterocycles. The number of amides is 2. The zero-order valence-electron chi connectivity index (χ0n) is 21.5. The molecule has 1 unspecified atom stereocenters. The van der Waals surface area contributed by atoms with Crippen LogP contribution in [0.4, 0.5) is 0 Å². The molecule has 3 aromatic rings. The van der Waals surface area contributed by atoms with Crippen LogP contribution < -0.4 is 5.32 Å². The molecule has 1 aliphatic rings. The van der Waals surface area contributed by atoms with Gasteiger partial charge in [-0.15, -0.1) is 0 Å². The second kappa shape index (κ2) is 12.7. The number of para-hydroxylation sites is 2. The SMILES string of the molecule is CC(C)N(Cc1ccccc1)C(=O)Cn1c(CCCCCNC(=O)C2CCCO2)nc2ccccc21. The molecule has 7 heteroatoms. The number of benzene rings is 2. The van der Waals surface area contributed by atoms with E-state index in [9.17, 15) is 9.59 Å². The van der Waals surface area contributed by atoms with Crippen molar-refractivity contribution in [1.29, 1.82) is 0 Å². The van der Waals surface area contributed by atoms with Gasteiger partial charge in [0, 0.05) is 32.2 Å². The molecule has 1 atom stereocenters. The van der Waals surface area contributed by atoms with Crippen LogP contribution in [0.3, 0.4) is 0 Å². The Morgan fingerprint density at radius 3 is 2.61 bits per heavy atom. The van der Waals surface area contributed by atoms with Gasteiger partial charge in [0.05, 0.1) is 11.0 Å². The predicted molar refractivity (Wildman–Crippen MR) is 141 cm³/mol. The maximum Gasteiger partial charge on any atom is 0.249 e. The van der Waals surface area contributed by atoms with Crippen molar-refractivity contribution < 1.29 is 14.3 Å². The molecule has 2 amide bonds. The lowest BCUT2D eigenvalue weighted by molar-refractivity contribution is -0.134. The summed E-state index contributed by atoms with van der Waals surface area (Å²) in [6.07, 6.45) is 5.15. The van der Waals surface area contributed by atoms with Crippen molar-refractivity contribution in [3.05, 3.63) is 66.0 Å². The number of imidazole rings is 1. The van der Waals surface area contributed by atoms with Crippen molar-refractivity contribution in [1.82, 2.24) is 19.8 Å². The van der Waals surface area contributed by atoms with Crippen LogP contribution in [0.5, 0.6) is 0 Å². The number of hydrogen-bond donors (Lipinski definition) is 1. The molecule has 2 aromatic carbocycles. The number of nitrogens with one attached hydrogen (secondary N) is 1. The van der Waals surface area contributed by atoms with E-state index < -0.39 is 0 Å². The first kappa shape index (κ1) is 25.9. The second-order valence-electron chi connectivity index (χ2n) is 9.81. The molecule has 1 saturated heterocycles. The highest BCUT2D eigenvalue weighted by Crippen LogP contribution is 2.19. The molecule has 0 radical (unpaired) electrons. The normalized spacial score (nSPS) is 15.5. The van der Waals surface area contributed by atoms with Crippen LogP contribution in [0.1, 0.15) is 57.3 Å². The third-order valence-corrected chi connectivity index (χ3v) is 6.76. The van der Waals surface area contributed by atoms with Gasteiger partial charge in [-0.3, -0.25) is 9.59 Å². The maximum absolute atomic E-state index is 13.5. The molecule has 0 saturated carbocycles. The summed E-state index contributed by atoms with van der Waals surface area (Å²) in [5.74, 6) is 1.05. The lowest BCUT2D eigenvalue weighted by atomic mass is 10.1. The topological polar surface area (TPSA) is 76.5 Å². The maximum atomic E-state index is 13.5.